The highest BCUT2D eigenvalue weighted by Gasteiger charge is 2.20. The van der Waals surface area contributed by atoms with Crippen molar-refractivity contribution in [3.8, 4) is 0 Å². The van der Waals surface area contributed by atoms with Crippen LogP contribution in [0.3, 0.4) is 0 Å². The lowest BCUT2D eigenvalue weighted by Crippen LogP contribution is -2.13. The first-order chi connectivity index (χ1) is 7.19. The molecular formula is C13H20O2. The van der Waals surface area contributed by atoms with E-state index in [-0.39, 0.29) is 11.7 Å². The molecule has 0 amide bonds. The van der Waals surface area contributed by atoms with E-state index < -0.39 is 0 Å². The number of rotatable bonds is 6. The maximum absolute atomic E-state index is 12.0. The summed E-state index contributed by atoms with van der Waals surface area (Å²) >= 11 is 0. The van der Waals surface area contributed by atoms with Gasteiger partial charge in [0, 0.05) is 5.92 Å². The van der Waals surface area contributed by atoms with Crippen LogP contribution >= 0.6 is 0 Å². The van der Waals surface area contributed by atoms with Gasteiger partial charge in [-0.25, -0.2) is 0 Å². The van der Waals surface area contributed by atoms with Gasteiger partial charge >= 0.3 is 0 Å². The number of aryl methyl sites for hydroxylation is 1. The van der Waals surface area contributed by atoms with Gasteiger partial charge in [-0.1, -0.05) is 26.7 Å². The summed E-state index contributed by atoms with van der Waals surface area (Å²) in [5.74, 6) is 1.63. The minimum absolute atomic E-state index is 0.135. The average molecular weight is 208 g/mol. The fraction of sp³-hybridized carbons (Fsp3) is 0.615. The van der Waals surface area contributed by atoms with Gasteiger partial charge in [0.15, 0.2) is 5.76 Å². The Morgan fingerprint density at radius 3 is 2.60 bits per heavy atom. The van der Waals surface area contributed by atoms with Crippen molar-refractivity contribution < 1.29 is 9.21 Å². The topological polar surface area (TPSA) is 30.2 Å². The van der Waals surface area contributed by atoms with E-state index in [1.807, 2.05) is 13.0 Å². The second-order valence-electron chi connectivity index (χ2n) is 4.02. The first-order valence-corrected chi connectivity index (χ1v) is 5.79. The Morgan fingerprint density at radius 2 is 2.13 bits per heavy atom. The number of hydrogen-bond donors (Lipinski definition) is 0. The summed E-state index contributed by atoms with van der Waals surface area (Å²) in [6.07, 6.45) is 4.13. The normalized spacial score (nSPS) is 12.7. The van der Waals surface area contributed by atoms with Gasteiger partial charge in [0.25, 0.3) is 0 Å². The van der Waals surface area contributed by atoms with Crippen molar-refractivity contribution in [3.05, 3.63) is 23.7 Å². The molecule has 0 aliphatic rings. The van der Waals surface area contributed by atoms with Gasteiger partial charge in [0.2, 0.25) is 5.78 Å². The van der Waals surface area contributed by atoms with E-state index in [1.54, 1.807) is 6.07 Å². The fourth-order valence-electron chi connectivity index (χ4n) is 1.74. The van der Waals surface area contributed by atoms with Crippen LogP contribution in [0.15, 0.2) is 16.5 Å². The SMILES string of the molecule is CCCCC(CC)C(=O)c1ccc(C)o1. The Kier molecular flexibility index (Phi) is 4.60. The molecule has 0 saturated carbocycles. The lowest BCUT2D eigenvalue weighted by atomic mass is 9.93. The first-order valence-electron chi connectivity index (χ1n) is 5.79. The molecule has 0 saturated heterocycles. The Hall–Kier alpha value is -1.05. The molecule has 0 aliphatic carbocycles. The number of hydrogen-bond acceptors (Lipinski definition) is 2. The number of furan rings is 1. The van der Waals surface area contributed by atoms with Crippen LogP contribution in [-0.2, 0) is 0 Å². The van der Waals surface area contributed by atoms with Gasteiger partial charge < -0.3 is 4.42 Å². The molecule has 2 heteroatoms. The molecule has 1 heterocycles. The van der Waals surface area contributed by atoms with E-state index in [0.717, 1.165) is 31.4 Å². The minimum Gasteiger partial charge on any atom is -0.458 e. The highest BCUT2D eigenvalue weighted by Crippen LogP contribution is 2.19. The van der Waals surface area contributed by atoms with E-state index in [4.69, 9.17) is 4.42 Å². The Bertz CT molecular complexity index is 312. The van der Waals surface area contributed by atoms with Gasteiger partial charge in [-0.15, -0.1) is 0 Å². The zero-order valence-corrected chi connectivity index (χ0v) is 9.88. The zero-order chi connectivity index (χ0) is 11.3. The maximum atomic E-state index is 12.0. The van der Waals surface area contributed by atoms with Crippen LogP contribution in [0, 0.1) is 12.8 Å². The summed E-state index contributed by atoms with van der Waals surface area (Å²) in [6.45, 7) is 6.08. The summed E-state index contributed by atoms with van der Waals surface area (Å²) in [5, 5.41) is 0. The molecule has 1 unspecified atom stereocenters. The van der Waals surface area contributed by atoms with Gasteiger partial charge in [0.05, 0.1) is 0 Å². The Balaban J connectivity index is 2.64. The second kappa shape index (κ2) is 5.74. The molecule has 0 aromatic carbocycles. The molecule has 0 N–H and O–H groups in total. The van der Waals surface area contributed by atoms with Gasteiger partial charge in [-0.3, -0.25) is 4.79 Å². The maximum Gasteiger partial charge on any atom is 0.201 e. The van der Waals surface area contributed by atoms with Gasteiger partial charge in [0.1, 0.15) is 5.76 Å². The average Bonchev–Trinajstić information content (AvgIpc) is 2.65. The summed E-state index contributed by atoms with van der Waals surface area (Å²) in [6, 6.07) is 3.63. The molecule has 1 rings (SSSR count). The molecule has 1 aromatic rings. The van der Waals surface area contributed by atoms with Crippen molar-refractivity contribution >= 4 is 5.78 Å². The van der Waals surface area contributed by atoms with Crippen LogP contribution in [-0.4, -0.2) is 5.78 Å². The molecule has 15 heavy (non-hydrogen) atoms. The number of Topliss-reactive ketones (excluding diaryl/α,β-unsaturated/α-hetero) is 1. The van der Waals surface area contributed by atoms with Crippen molar-refractivity contribution in [2.24, 2.45) is 5.92 Å². The molecule has 2 nitrogen and oxygen atoms in total. The van der Waals surface area contributed by atoms with E-state index in [2.05, 4.69) is 13.8 Å². The van der Waals surface area contributed by atoms with E-state index in [9.17, 15) is 4.79 Å². The predicted octanol–water partition coefficient (Wildman–Crippen LogP) is 3.99. The van der Waals surface area contributed by atoms with E-state index >= 15 is 0 Å². The number of carbonyl (C=O) groups is 1. The molecule has 0 aliphatic heterocycles. The van der Waals surface area contributed by atoms with Crippen molar-refractivity contribution in [1.29, 1.82) is 0 Å². The first kappa shape index (κ1) is 12.0. The molecular weight excluding hydrogens is 188 g/mol. The lowest BCUT2D eigenvalue weighted by molar-refractivity contribution is 0.0878. The molecule has 1 atom stereocenters. The molecule has 0 bridgehead atoms. The highest BCUT2D eigenvalue weighted by molar-refractivity contribution is 5.95. The second-order valence-corrected chi connectivity index (χ2v) is 4.02. The third kappa shape index (κ3) is 3.22. The van der Waals surface area contributed by atoms with Crippen LogP contribution in [0.25, 0.3) is 0 Å². The third-order valence-corrected chi connectivity index (χ3v) is 2.75. The van der Waals surface area contributed by atoms with Crippen LogP contribution < -0.4 is 0 Å². The van der Waals surface area contributed by atoms with Crippen LogP contribution in [0.5, 0.6) is 0 Å². The summed E-state index contributed by atoms with van der Waals surface area (Å²) in [5.41, 5.74) is 0. The standard InChI is InChI=1S/C13H20O2/c1-4-6-7-11(5-2)13(14)12-9-8-10(3)15-12/h8-9,11H,4-7H2,1-3H3. The molecule has 0 spiro atoms. The smallest absolute Gasteiger partial charge is 0.201 e. The van der Waals surface area contributed by atoms with Crippen molar-refractivity contribution in [2.75, 3.05) is 0 Å². The number of carbonyl (C=O) groups excluding carboxylic acids is 1. The van der Waals surface area contributed by atoms with Crippen LogP contribution in [0.2, 0.25) is 0 Å². The third-order valence-electron chi connectivity index (χ3n) is 2.75. The highest BCUT2D eigenvalue weighted by atomic mass is 16.3. The number of ketones is 1. The molecule has 0 fully saturated rings. The van der Waals surface area contributed by atoms with E-state index in [0.29, 0.717) is 5.76 Å². The van der Waals surface area contributed by atoms with Crippen LogP contribution in [0.1, 0.15) is 55.8 Å². The van der Waals surface area contributed by atoms with Crippen LogP contribution in [0.4, 0.5) is 0 Å². The Labute approximate surface area is 91.7 Å². The summed E-state index contributed by atoms with van der Waals surface area (Å²) < 4.78 is 5.36. The molecule has 1 aromatic heterocycles. The molecule has 0 radical (unpaired) electrons. The minimum atomic E-state index is 0.135. The van der Waals surface area contributed by atoms with Crippen molar-refractivity contribution in [1.82, 2.24) is 0 Å². The van der Waals surface area contributed by atoms with Crippen molar-refractivity contribution in [3.63, 3.8) is 0 Å². The van der Waals surface area contributed by atoms with Gasteiger partial charge in [-0.2, -0.15) is 0 Å². The quantitative estimate of drug-likeness (QED) is 0.662. The summed E-state index contributed by atoms with van der Waals surface area (Å²) in [4.78, 5) is 12.0. The van der Waals surface area contributed by atoms with Crippen molar-refractivity contribution in [2.45, 2.75) is 46.5 Å². The monoisotopic (exact) mass is 208 g/mol. The fourth-order valence-corrected chi connectivity index (χ4v) is 1.74. The molecule has 84 valence electrons. The largest absolute Gasteiger partial charge is 0.458 e. The number of unbranched alkanes of at least 4 members (excludes halogenated alkanes) is 1. The predicted molar refractivity (Wildman–Crippen MR) is 61.1 cm³/mol. The zero-order valence-electron chi connectivity index (χ0n) is 9.88. The lowest BCUT2D eigenvalue weighted by Gasteiger charge is -2.10. The van der Waals surface area contributed by atoms with E-state index in [1.165, 1.54) is 0 Å². The summed E-state index contributed by atoms with van der Waals surface area (Å²) in [7, 11) is 0. The Morgan fingerprint density at radius 1 is 1.40 bits per heavy atom. The van der Waals surface area contributed by atoms with Gasteiger partial charge in [-0.05, 0) is 31.9 Å².